The minimum absolute atomic E-state index is 0.177. The number of carbonyl (C=O) groups excluding carboxylic acids is 1. The summed E-state index contributed by atoms with van der Waals surface area (Å²) in [5, 5.41) is 5.57. The van der Waals surface area contributed by atoms with Gasteiger partial charge in [-0.05, 0) is 42.7 Å². The summed E-state index contributed by atoms with van der Waals surface area (Å²) in [4.78, 5) is 11.8. The van der Waals surface area contributed by atoms with Crippen LogP contribution < -0.4 is 15.4 Å². The lowest BCUT2D eigenvalue weighted by atomic mass is 10.2. The summed E-state index contributed by atoms with van der Waals surface area (Å²) in [6.45, 7) is 1.23. The normalized spacial score (nSPS) is 16.8. The van der Waals surface area contributed by atoms with E-state index in [-0.39, 0.29) is 12.3 Å². The molecule has 3 rings (SSSR count). The topological polar surface area (TPSA) is 59.6 Å². The Hall–Kier alpha value is -2.53. The Morgan fingerprint density at radius 1 is 1.13 bits per heavy atom. The highest BCUT2D eigenvalue weighted by atomic mass is 16.5. The summed E-state index contributed by atoms with van der Waals surface area (Å²) in [6, 6.07) is 17.0. The number of rotatable bonds is 5. The number of hydrogen-bond acceptors (Lipinski definition) is 3. The van der Waals surface area contributed by atoms with Gasteiger partial charge >= 0.3 is 6.03 Å². The third kappa shape index (κ3) is 4.72. The molecular weight excluding hydrogens is 292 g/mol. The van der Waals surface area contributed by atoms with E-state index in [9.17, 15) is 4.79 Å². The smallest absolute Gasteiger partial charge is 0.321 e. The Bertz CT molecular complexity index is 622. The second kappa shape index (κ2) is 7.65. The Morgan fingerprint density at radius 2 is 1.91 bits per heavy atom. The fourth-order valence-electron chi connectivity index (χ4n) is 2.38. The van der Waals surface area contributed by atoms with Crippen molar-refractivity contribution in [2.75, 3.05) is 11.9 Å². The highest BCUT2D eigenvalue weighted by molar-refractivity contribution is 5.89. The van der Waals surface area contributed by atoms with Crippen LogP contribution in [0.5, 0.6) is 5.75 Å². The van der Waals surface area contributed by atoms with Crippen molar-refractivity contribution in [3.8, 4) is 5.75 Å². The van der Waals surface area contributed by atoms with E-state index in [0.717, 1.165) is 24.2 Å². The van der Waals surface area contributed by atoms with Crippen molar-refractivity contribution in [3.63, 3.8) is 0 Å². The molecule has 1 saturated heterocycles. The van der Waals surface area contributed by atoms with Crippen LogP contribution in [0.25, 0.3) is 0 Å². The fraction of sp³-hybridized carbons (Fsp3) is 0.278. The van der Waals surface area contributed by atoms with E-state index in [1.54, 1.807) is 0 Å². The van der Waals surface area contributed by atoms with Crippen LogP contribution in [0, 0.1) is 0 Å². The molecule has 5 heteroatoms. The van der Waals surface area contributed by atoms with Crippen molar-refractivity contribution < 1.29 is 14.3 Å². The molecule has 5 nitrogen and oxygen atoms in total. The molecule has 0 aromatic heterocycles. The van der Waals surface area contributed by atoms with Gasteiger partial charge in [-0.1, -0.05) is 30.3 Å². The van der Waals surface area contributed by atoms with E-state index < -0.39 is 0 Å². The van der Waals surface area contributed by atoms with Crippen molar-refractivity contribution in [1.29, 1.82) is 0 Å². The van der Waals surface area contributed by atoms with Gasteiger partial charge < -0.3 is 20.1 Å². The Kier molecular flexibility index (Phi) is 5.11. The zero-order valence-corrected chi connectivity index (χ0v) is 12.8. The molecule has 23 heavy (non-hydrogen) atoms. The van der Waals surface area contributed by atoms with Gasteiger partial charge in [0.2, 0.25) is 0 Å². The lowest BCUT2D eigenvalue weighted by Crippen LogP contribution is -2.37. The highest BCUT2D eigenvalue weighted by Gasteiger charge is 2.17. The van der Waals surface area contributed by atoms with E-state index >= 15 is 0 Å². The van der Waals surface area contributed by atoms with E-state index in [1.807, 2.05) is 54.6 Å². The monoisotopic (exact) mass is 312 g/mol. The molecule has 0 aliphatic carbocycles. The van der Waals surface area contributed by atoms with Gasteiger partial charge in [0.25, 0.3) is 0 Å². The maximum atomic E-state index is 11.8. The van der Waals surface area contributed by atoms with Crippen LogP contribution in [0.1, 0.15) is 18.4 Å². The summed E-state index contributed by atoms with van der Waals surface area (Å²) in [6.07, 6.45) is 1.67. The molecule has 1 unspecified atom stereocenters. The molecule has 2 N–H and O–H groups in total. The second-order valence-electron chi connectivity index (χ2n) is 5.40. The van der Waals surface area contributed by atoms with Crippen LogP contribution in [0.4, 0.5) is 10.5 Å². The first-order chi connectivity index (χ1) is 11.3. The number of nitrogens with one attached hydrogen (secondary N) is 2. The van der Waals surface area contributed by atoms with Crippen molar-refractivity contribution in [1.82, 2.24) is 5.32 Å². The first-order valence-electron chi connectivity index (χ1n) is 7.75. The third-order valence-electron chi connectivity index (χ3n) is 3.58. The van der Waals surface area contributed by atoms with Crippen LogP contribution in [-0.2, 0) is 11.3 Å². The summed E-state index contributed by atoms with van der Waals surface area (Å²) >= 11 is 0. The van der Waals surface area contributed by atoms with Crippen LogP contribution >= 0.6 is 0 Å². The molecule has 1 fully saturated rings. The van der Waals surface area contributed by atoms with Gasteiger partial charge in [-0.25, -0.2) is 4.79 Å². The van der Waals surface area contributed by atoms with E-state index in [0.29, 0.717) is 18.9 Å². The minimum Gasteiger partial charge on any atom is -0.489 e. The molecule has 2 aromatic rings. The van der Waals surface area contributed by atoms with E-state index in [1.165, 1.54) is 0 Å². The molecule has 2 aromatic carbocycles. The zero-order valence-electron chi connectivity index (χ0n) is 12.8. The molecular formula is C18H20N2O3. The highest BCUT2D eigenvalue weighted by Crippen LogP contribution is 2.17. The van der Waals surface area contributed by atoms with Crippen molar-refractivity contribution >= 4 is 11.7 Å². The van der Waals surface area contributed by atoms with Crippen LogP contribution in [0.15, 0.2) is 54.6 Å². The maximum absolute atomic E-state index is 11.8. The number of carbonyl (C=O) groups is 1. The van der Waals surface area contributed by atoms with Gasteiger partial charge in [0, 0.05) is 12.3 Å². The fourth-order valence-corrected chi connectivity index (χ4v) is 2.38. The van der Waals surface area contributed by atoms with Gasteiger partial charge in [-0.3, -0.25) is 0 Å². The predicted molar refractivity (Wildman–Crippen MR) is 88.3 cm³/mol. The molecule has 120 valence electrons. The van der Waals surface area contributed by atoms with Crippen LogP contribution in [-0.4, -0.2) is 18.9 Å². The number of benzene rings is 2. The second-order valence-corrected chi connectivity index (χ2v) is 5.40. The molecule has 0 radical (unpaired) electrons. The number of urea groups is 1. The molecule has 0 spiro atoms. The summed E-state index contributed by atoms with van der Waals surface area (Å²) in [5.74, 6) is 0.763. The SMILES string of the molecule is O=C(Nc1ccc(OCc2ccccc2)cc1)NC1CCCO1. The quantitative estimate of drug-likeness (QED) is 0.888. The molecule has 2 amide bonds. The minimum atomic E-state index is -0.255. The number of amides is 2. The van der Waals surface area contributed by atoms with Gasteiger partial charge in [0.1, 0.15) is 18.6 Å². The Morgan fingerprint density at radius 3 is 2.61 bits per heavy atom. The largest absolute Gasteiger partial charge is 0.489 e. The standard InChI is InChI=1S/C18H20N2O3/c21-18(20-17-7-4-12-22-17)19-15-8-10-16(11-9-15)23-13-14-5-2-1-3-6-14/h1-3,5-6,8-11,17H,4,7,12-13H2,(H2,19,20,21). The number of anilines is 1. The summed E-state index contributed by atoms with van der Waals surface area (Å²) < 4.78 is 11.1. The number of ether oxygens (including phenoxy) is 2. The molecule has 1 aliphatic heterocycles. The van der Waals surface area contributed by atoms with Gasteiger partial charge in [-0.15, -0.1) is 0 Å². The Balaban J connectivity index is 1.47. The summed E-state index contributed by atoms with van der Waals surface area (Å²) in [5.41, 5.74) is 1.83. The molecule has 0 bridgehead atoms. The van der Waals surface area contributed by atoms with Crippen molar-refractivity contribution in [3.05, 3.63) is 60.2 Å². The van der Waals surface area contributed by atoms with Gasteiger partial charge in [0.15, 0.2) is 0 Å². The van der Waals surface area contributed by atoms with Crippen molar-refractivity contribution in [2.45, 2.75) is 25.7 Å². The van der Waals surface area contributed by atoms with Crippen LogP contribution in [0.3, 0.4) is 0 Å². The van der Waals surface area contributed by atoms with E-state index in [4.69, 9.17) is 9.47 Å². The van der Waals surface area contributed by atoms with Crippen LogP contribution in [0.2, 0.25) is 0 Å². The average molecular weight is 312 g/mol. The molecule has 1 atom stereocenters. The van der Waals surface area contributed by atoms with Crippen molar-refractivity contribution in [2.24, 2.45) is 0 Å². The van der Waals surface area contributed by atoms with E-state index in [2.05, 4.69) is 10.6 Å². The maximum Gasteiger partial charge on any atom is 0.321 e. The first-order valence-corrected chi connectivity index (χ1v) is 7.75. The zero-order chi connectivity index (χ0) is 15.9. The Labute approximate surface area is 135 Å². The first kappa shape index (κ1) is 15.4. The predicted octanol–water partition coefficient (Wildman–Crippen LogP) is 3.52. The molecule has 1 aliphatic rings. The number of hydrogen-bond donors (Lipinski definition) is 2. The molecule has 0 saturated carbocycles. The summed E-state index contributed by atoms with van der Waals surface area (Å²) in [7, 11) is 0. The lowest BCUT2D eigenvalue weighted by molar-refractivity contribution is 0.0928. The van der Waals surface area contributed by atoms with Gasteiger partial charge in [0.05, 0.1) is 0 Å². The lowest BCUT2D eigenvalue weighted by Gasteiger charge is -2.13. The van der Waals surface area contributed by atoms with Gasteiger partial charge in [-0.2, -0.15) is 0 Å². The third-order valence-corrected chi connectivity index (χ3v) is 3.58. The average Bonchev–Trinajstić information content (AvgIpc) is 3.08. The molecule has 1 heterocycles.